The number of non-ortho nitro benzene ring substituents is 1. The van der Waals surface area contributed by atoms with Gasteiger partial charge in [0.1, 0.15) is 5.75 Å². The van der Waals surface area contributed by atoms with E-state index >= 15 is 0 Å². The standard InChI is InChI=1S/C16H17N3O4/c1-3-11-4-6-12(7-5-11)17-16(20)18-14-9-8-13(19(21)22)10-15(14)23-2/h4-10H,3H2,1-2H3,(H2,17,18,20). The van der Waals surface area contributed by atoms with Crippen LogP contribution in [0.2, 0.25) is 0 Å². The highest BCUT2D eigenvalue weighted by atomic mass is 16.6. The molecule has 0 radical (unpaired) electrons. The molecule has 0 fully saturated rings. The molecule has 0 aliphatic heterocycles. The number of nitro groups is 1. The van der Waals surface area contributed by atoms with Crippen molar-refractivity contribution in [3.05, 3.63) is 58.1 Å². The summed E-state index contributed by atoms with van der Waals surface area (Å²) in [5.74, 6) is 0.218. The second kappa shape index (κ2) is 7.26. The molecule has 7 nitrogen and oxygen atoms in total. The molecule has 0 saturated heterocycles. The second-order valence-electron chi connectivity index (χ2n) is 4.77. The molecule has 7 heteroatoms. The number of aryl methyl sites for hydroxylation is 1. The maximum absolute atomic E-state index is 12.0. The number of nitro benzene ring substituents is 1. The van der Waals surface area contributed by atoms with Crippen molar-refractivity contribution in [3.63, 3.8) is 0 Å². The molecule has 0 heterocycles. The molecule has 2 amide bonds. The third-order valence-corrected chi connectivity index (χ3v) is 3.26. The lowest BCUT2D eigenvalue weighted by Gasteiger charge is -2.11. The SMILES string of the molecule is CCc1ccc(NC(=O)Nc2ccc([N+](=O)[O-])cc2OC)cc1. The van der Waals surface area contributed by atoms with E-state index in [0.717, 1.165) is 6.42 Å². The molecular weight excluding hydrogens is 298 g/mol. The van der Waals surface area contributed by atoms with Gasteiger partial charge in [-0.3, -0.25) is 10.1 Å². The predicted molar refractivity (Wildman–Crippen MR) is 88.1 cm³/mol. The van der Waals surface area contributed by atoms with Crippen LogP contribution in [-0.4, -0.2) is 18.1 Å². The summed E-state index contributed by atoms with van der Waals surface area (Å²) in [6.45, 7) is 2.05. The number of carbonyl (C=O) groups is 1. The van der Waals surface area contributed by atoms with Gasteiger partial charge in [-0.05, 0) is 30.2 Å². The van der Waals surface area contributed by atoms with Crippen LogP contribution in [0.3, 0.4) is 0 Å². The van der Waals surface area contributed by atoms with Crippen LogP contribution >= 0.6 is 0 Å². The first kappa shape index (κ1) is 16.3. The van der Waals surface area contributed by atoms with Crippen molar-refractivity contribution in [1.82, 2.24) is 0 Å². The molecule has 2 rings (SSSR count). The summed E-state index contributed by atoms with van der Waals surface area (Å²) < 4.78 is 5.07. The van der Waals surface area contributed by atoms with E-state index in [0.29, 0.717) is 11.4 Å². The van der Waals surface area contributed by atoms with Crippen molar-refractivity contribution in [2.45, 2.75) is 13.3 Å². The van der Waals surface area contributed by atoms with E-state index in [1.54, 1.807) is 0 Å². The number of ether oxygens (including phenoxy) is 1. The van der Waals surface area contributed by atoms with Crippen molar-refractivity contribution in [2.75, 3.05) is 17.7 Å². The van der Waals surface area contributed by atoms with E-state index < -0.39 is 11.0 Å². The minimum absolute atomic E-state index is 0.108. The lowest BCUT2D eigenvalue weighted by molar-refractivity contribution is -0.384. The summed E-state index contributed by atoms with van der Waals surface area (Å²) in [6, 6.07) is 11.0. The fourth-order valence-electron chi connectivity index (χ4n) is 2.01. The molecule has 2 aromatic carbocycles. The molecule has 0 saturated carbocycles. The van der Waals surface area contributed by atoms with Crippen LogP contribution < -0.4 is 15.4 Å². The molecule has 0 aromatic heterocycles. The molecule has 0 bridgehead atoms. The topological polar surface area (TPSA) is 93.5 Å². The smallest absolute Gasteiger partial charge is 0.323 e. The quantitative estimate of drug-likeness (QED) is 0.648. The first-order valence-corrected chi connectivity index (χ1v) is 7.03. The normalized spacial score (nSPS) is 10.0. The molecular formula is C16H17N3O4. The van der Waals surface area contributed by atoms with Gasteiger partial charge < -0.3 is 15.4 Å². The number of hydrogen-bond donors (Lipinski definition) is 2. The Bertz CT molecular complexity index is 714. The lowest BCUT2D eigenvalue weighted by atomic mass is 10.1. The van der Waals surface area contributed by atoms with E-state index in [1.165, 1.54) is 30.9 Å². The average molecular weight is 315 g/mol. The van der Waals surface area contributed by atoms with Gasteiger partial charge >= 0.3 is 6.03 Å². The zero-order valence-electron chi connectivity index (χ0n) is 12.8. The van der Waals surface area contributed by atoms with Crippen molar-refractivity contribution in [2.24, 2.45) is 0 Å². The number of rotatable bonds is 5. The van der Waals surface area contributed by atoms with E-state index in [2.05, 4.69) is 17.6 Å². The molecule has 0 atom stereocenters. The Kier molecular flexibility index (Phi) is 5.14. The van der Waals surface area contributed by atoms with E-state index in [4.69, 9.17) is 4.74 Å². The van der Waals surface area contributed by atoms with Gasteiger partial charge in [-0.2, -0.15) is 0 Å². The summed E-state index contributed by atoms with van der Waals surface area (Å²) >= 11 is 0. The maximum atomic E-state index is 12.0. The van der Waals surface area contributed by atoms with Crippen LogP contribution in [0.15, 0.2) is 42.5 Å². The van der Waals surface area contributed by atoms with Crippen LogP contribution in [0.5, 0.6) is 5.75 Å². The molecule has 0 aliphatic carbocycles. The zero-order chi connectivity index (χ0) is 16.8. The maximum Gasteiger partial charge on any atom is 0.323 e. The number of nitrogens with zero attached hydrogens (tertiary/aromatic N) is 1. The summed E-state index contributed by atoms with van der Waals surface area (Å²) in [4.78, 5) is 22.2. The molecule has 2 aromatic rings. The number of carbonyl (C=O) groups excluding carboxylic acids is 1. The minimum Gasteiger partial charge on any atom is -0.494 e. The summed E-state index contributed by atoms with van der Waals surface area (Å²) in [5.41, 5.74) is 2.07. The molecule has 0 spiro atoms. The lowest BCUT2D eigenvalue weighted by Crippen LogP contribution is -2.19. The number of methoxy groups -OCH3 is 1. The van der Waals surface area contributed by atoms with Crippen LogP contribution in [0.4, 0.5) is 21.9 Å². The number of nitrogens with one attached hydrogen (secondary N) is 2. The fraction of sp³-hybridized carbons (Fsp3) is 0.188. The van der Waals surface area contributed by atoms with Crippen molar-refractivity contribution in [1.29, 1.82) is 0 Å². The third kappa shape index (κ3) is 4.19. The fourth-order valence-corrected chi connectivity index (χ4v) is 2.01. The van der Waals surface area contributed by atoms with Crippen LogP contribution in [0, 0.1) is 10.1 Å². The van der Waals surface area contributed by atoms with Crippen LogP contribution in [-0.2, 0) is 6.42 Å². The largest absolute Gasteiger partial charge is 0.494 e. The predicted octanol–water partition coefficient (Wildman–Crippen LogP) is 3.81. The van der Waals surface area contributed by atoms with Crippen molar-refractivity contribution in [3.8, 4) is 5.75 Å². The Morgan fingerprint density at radius 3 is 2.43 bits per heavy atom. The Morgan fingerprint density at radius 1 is 1.17 bits per heavy atom. The average Bonchev–Trinajstić information content (AvgIpc) is 2.55. The minimum atomic E-state index is -0.526. The van der Waals surface area contributed by atoms with Gasteiger partial charge in [0, 0.05) is 11.8 Å². The Labute approximate surface area is 133 Å². The van der Waals surface area contributed by atoms with Gasteiger partial charge in [0.15, 0.2) is 0 Å². The van der Waals surface area contributed by atoms with Crippen LogP contribution in [0.1, 0.15) is 12.5 Å². The molecule has 23 heavy (non-hydrogen) atoms. The highest BCUT2D eigenvalue weighted by Gasteiger charge is 2.13. The Hall–Kier alpha value is -3.09. The van der Waals surface area contributed by atoms with Gasteiger partial charge in [0.2, 0.25) is 0 Å². The van der Waals surface area contributed by atoms with Gasteiger partial charge in [0.25, 0.3) is 5.69 Å². The van der Waals surface area contributed by atoms with E-state index in [-0.39, 0.29) is 11.4 Å². The summed E-state index contributed by atoms with van der Waals surface area (Å²) in [7, 11) is 1.38. The molecule has 2 N–H and O–H groups in total. The zero-order valence-corrected chi connectivity index (χ0v) is 12.8. The highest BCUT2D eigenvalue weighted by molar-refractivity contribution is 6.00. The summed E-state index contributed by atoms with van der Waals surface area (Å²) in [5, 5.41) is 16.0. The molecule has 0 aliphatic rings. The number of hydrogen-bond acceptors (Lipinski definition) is 4. The Balaban J connectivity index is 2.08. The van der Waals surface area contributed by atoms with Gasteiger partial charge in [-0.15, -0.1) is 0 Å². The third-order valence-electron chi connectivity index (χ3n) is 3.26. The molecule has 0 unspecified atom stereocenters. The monoisotopic (exact) mass is 315 g/mol. The first-order chi connectivity index (χ1) is 11.0. The number of amides is 2. The number of urea groups is 1. The number of benzene rings is 2. The second-order valence-corrected chi connectivity index (χ2v) is 4.77. The highest BCUT2D eigenvalue weighted by Crippen LogP contribution is 2.29. The summed E-state index contributed by atoms with van der Waals surface area (Å²) in [6.07, 6.45) is 0.923. The van der Waals surface area contributed by atoms with Crippen molar-refractivity contribution >= 4 is 23.1 Å². The van der Waals surface area contributed by atoms with Crippen LogP contribution in [0.25, 0.3) is 0 Å². The van der Waals surface area contributed by atoms with E-state index in [9.17, 15) is 14.9 Å². The molecule has 120 valence electrons. The van der Waals surface area contributed by atoms with Gasteiger partial charge in [-0.25, -0.2) is 4.79 Å². The van der Waals surface area contributed by atoms with Gasteiger partial charge in [0.05, 0.1) is 23.8 Å². The first-order valence-electron chi connectivity index (χ1n) is 7.03. The van der Waals surface area contributed by atoms with E-state index in [1.807, 2.05) is 24.3 Å². The van der Waals surface area contributed by atoms with Gasteiger partial charge in [-0.1, -0.05) is 19.1 Å². The Morgan fingerprint density at radius 2 is 1.87 bits per heavy atom. The van der Waals surface area contributed by atoms with Crippen molar-refractivity contribution < 1.29 is 14.5 Å². The number of anilines is 2.